The van der Waals surface area contributed by atoms with E-state index in [2.05, 4.69) is 0 Å². The Morgan fingerprint density at radius 1 is 1.31 bits per heavy atom. The van der Waals surface area contributed by atoms with Gasteiger partial charge in [-0.1, -0.05) is 13.8 Å². The molecule has 0 heterocycles. The molecule has 4 nitrogen and oxygen atoms in total. The molecule has 0 saturated heterocycles. The third-order valence-electron chi connectivity index (χ3n) is 1.30. The van der Waals surface area contributed by atoms with E-state index in [0.29, 0.717) is 25.6 Å². The maximum absolute atomic E-state index is 11.0. The average Bonchev–Trinajstić information content (AvgIpc) is 2.02. The first-order valence-electron chi connectivity index (χ1n) is 4.51. The Labute approximate surface area is 78.8 Å². The van der Waals surface area contributed by atoms with Crippen LogP contribution in [0.15, 0.2) is 0 Å². The summed E-state index contributed by atoms with van der Waals surface area (Å²) in [5, 5.41) is 8.36. The van der Waals surface area contributed by atoms with Gasteiger partial charge in [-0.15, -0.1) is 0 Å². The zero-order chi connectivity index (χ0) is 10.1. The fraction of sp³-hybridized carbons (Fsp3) is 0.889. The van der Waals surface area contributed by atoms with Gasteiger partial charge in [0.05, 0.1) is 19.8 Å². The van der Waals surface area contributed by atoms with E-state index >= 15 is 0 Å². The Morgan fingerprint density at radius 2 is 2.00 bits per heavy atom. The molecule has 0 rings (SSSR count). The molecule has 0 spiro atoms. The number of ether oxygens (including phenoxy) is 2. The van der Waals surface area contributed by atoms with Crippen LogP contribution < -0.4 is 0 Å². The molecule has 0 aromatic carbocycles. The quantitative estimate of drug-likeness (QED) is 0.471. The topological polar surface area (TPSA) is 55.8 Å². The highest BCUT2D eigenvalue weighted by Gasteiger charge is 2.04. The van der Waals surface area contributed by atoms with E-state index in [1.807, 2.05) is 13.8 Å². The van der Waals surface area contributed by atoms with Crippen molar-refractivity contribution in [2.75, 3.05) is 26.4 Å². The summed E-state index contributed by atoms with van der Waals surface area (Å²) in [5.74, 6) is 0.133. The lowest BCUT2D eigenvalue weighted by Gasteiger charge is -2.06. The minimum atomic E-state index is -0.192. The molecule has 0 fully saturated rings. The molecule has 0 aliphatic rings. The number of aliphatic hydroxyl groups excluding tert-OH is 1. The summed E-state index contributed by atoms with van der Waals surface area (Å²) in [6.07, 6.45) is 0.444. The highest BCUT2D eigenvalue weighted by molar-refractivity contribution is 5.69. The van der Waals surface area contributed by atoms with Crippen LogP contribution in [-0.2, 0) is 14.3 Å². The lowest BCUT2D eigenvalue weighted by molar-refractivity contribution is -0.146. The van der Waals surface area contributed by atoms with Crippen molar-refractivity contribution in [1.82, 2.24) is 0 Å². The number of carbonyl (C=O) groups is 1. The second kappa shape index (κ2) is 8.01. The molecule has 0 atom stereocenters. The van der Waals surface area contributed by atoms with Crippen molar-refractivity contribution in [3.63, 3.8) is 0 Å². The SMILES string of the molecule is CC(C)CC(=O)OCCOCCO. The molecule has 4 heteroatoms. The van der Waals surface area contributed by atoms with Gasteiger partial charge in [0.1, 0.15) is 6.61 Å². The van der Waals surface area contributed by atoms with Gasteiger partial charge in [0.15, 0.2) is 0 Å². The zero-order valence-corrected chi connectivity index (χ0v) is 8.28. The fourth-order valence-corrected chi connectivity index (χ4v) is 0.773. The number of rotatable bonds is 7. The average molecular weight is 190 g/mol. The molecular weight excluding hydrogens is 172 g/mol. The highest BCUT2D eigenvalue weighted by Crippen LogP contribution is 2.00. The summed E-state index contributed by atoms with van der Waals surface area (Å²) in [4.78, 5) is 11.0. The van der Waals surface area contributed by atoms with E-state index in [1.54, 1.807) is 0 Å². The predicted octanol–water partition coefficient (Wildman–Crippen LogP) is 0.585. The number of hydrogen-bond acceptors (Lipinski definition) is 4. The summed E-state index contributed by atoms with van der Waals surface area (Å²) in [6.45, 7) is 4.84. The van der Waals surface area contributed by atoms with E-state index in [1.165, 1.54) is 0 Å². The van der Waals surface area contributed by atoms with Gasteiger partial charge in [-0.2, -0.15) is 0 Å². The first kappa shape index (κ1) is 12.4. The van der Waals surface area contributed by atoms with E-state index in [4.69, 9.17) is 14.6 Å². The van der Waals surface area contributed by atoms with Gasteiger partial charge in [0.2, 0.25) is 0 Å². The minimum absolute atomic E-state index is 0.0000590. The molecule has 0 radical (unpaired) electrons. The number of aliphatic hydroxyl groups is 1. The van der Waals surface area contributed by atoms with Crippen molar-refractivity contribution in [2.45, 2.75) is 20.3 Å². The highest BCUT2D eigenvalue weighted by atomic mass is 16.6. The molecule has 0 amide bonds. The Hall–Kier alpha value is -0.610. The molecule has 0 aromatic rings. The van der Waals surface area contributed by atoms with Crippen molar-refractivity contribution in [3.8, 4) is 0 Å². The maximum Gasteiger partial charge on any atom is 0.306 e. The standard InChI is InChI=1S/C9H18O4/c1-8(2)7-9(11)13-6-5-12-4-3-10/h8,10H,3-7H2,1-2H3. The van der Waals surface area contributed by atoms with Crippen LogP contribution in [0.3, 0.4) is 0 Å². The molecule has 13 heavy (non-hydrogen) atoms. The smallest absolute Gasteiger partial charge is 0.306 e. The summed E-state index contributed by atoms with van der Waals surface area (Å²) in [7, 11) is 0. The largest absolute Gasteiger partial charge is 0.463 e. The van der Waals surface area contributed by atoms with Crippen molar-refractivity contribution in [3.05, 3.63) is 0 Å². The van der Waals surface area contributed by atoms with Gasteiger partial charge in [-0.05, 0) is 5.92 Å². The molecule has 0 saturated carbocycles. The third kappa shape index (κ3) is 9.30. The second-order valence-corrected chi connectivity index (χ2v) is 3.15. The number of carbonyl (C=O) groups excluding carboxylic acids is 1. The Kier molecular flexibility index (Phi) is 7.63. The maximum atomic E-state index is 11.0. The molecule has 78 valence electrons. The summed E-state index contributed by atoms with van der Waals surface area (Å²) >= 11 is 0. The normalized spacial score (nSPS) is 10.5. The van der Waals surface area contributed by atoms with Crippen molar-refractivity contribution < 1.29 is 19.4 Å². The zero-order valence-electron chi connectivity index (χ0n) is 8.28. The van der Waals surface area contributed by atoms with E-state index < -0.39 is 0 Å². The molecule has 0 aliphatic carbocycles. The third-order valence-corrected chi connectivity index (χ3v) is 1.30. The fourth-order valence-electron chi connectivity index (χ4n) is 0.773. The second-order valence-electron chi connectivity index (χ2n) is 3.15. The molecule has 0 aliphatic heterocycles. The van der Waals surface area contributed by atoms with E-state index in [-0.39, 0.29) is 19.2 Å². The first-order valence-corrected chi connectivity index (χ1v) is 4.51. The van der Waals surface area contributed by atoms with Crippen LogP contribution in [0.25, 0.3) is 0 Å². The Bertz CT molecular complexity index is 134. The minimum Gasteiger partial charge on any atom is -0.463 e. The summed E-state index contributed by atoms with van der Waals surface area (Å²) < 4.78 is 9.76. The van der Waals surface area contributed by atoms with Crippen LogP contribution in [-0.4, -0.2) is 37.5 Å². The molecule has 0 unspecified atom stereocenters. The number of esters is 1. The van der Waals surface area contributed by atoms with Crippen molar-refractivity contribution in [2.24, 2.45) is 5.92 Å². The van der Waals surface area contributed by atoms with E-state index in [9.17, 15) is 4.79 Å². The molecular formula is C9H18O4. The predicted molar refractivity (Wildman–Crippen MR) is 48.3 cm³/mol. The van der Waals surface area contributed by atoms with Crippen LogP contribution in [0.2, 0.25) is 0 Å². The monoisotopic (exact) mass is 190 g/mol. The molecule has 0 aromatic heterocycles. The lowest BCUT2D eigenvalue weighted by Crippen LogP contribution is -2.13. The summed E-state index contributed by atoms with van der Waals surface area (Å²) in [5.41, 5.74) is 0. The number of hydrogen-bond donors (Lipinski definition) is 1. The van der Waals surface area contributed by atoms with Crippen LogP contribution in [0, 0.1) is 5.92 Å². The van der Waals surface area contributed by atoms with Crippen LogP contribution in [0.4, 0.5) is 0 Å². The van der Waals surface area contributed by atoms with Gasteiger partial charge in [-0.3, -0.25) is 4.79 Å². The Balaban J connectivity index is 3.17. The molecule has 1 N–H and O–H groups in total. The van der Waals surface area contributed by atoms with Crippen LogP contribution in [0.5, 0.6) is 0 Å². The molecule has 0 bridgehead atoms. The van der Waals surface area contributed by atoms with Crippen LogP contribution >= 0.6 is 0 Å². The van der Waals surface area contributed by atoms with Gasteiger partial charge < -0.3 is 14.6 Å². The van der Waals surface area contributed by atoms with Gasteiger partial charge >= 0.3 is 5.97 Å². The van der Waals surface area contributed by atoms with Gasteiger partial charge in [0.25, 0.3) is 0 Å². The summed E-state index contributed by atoms with van der Waals surface area (Å²) in [6, 6.07) is 0. The van der Waals surface area contributed by atoms with Crippen molar-refractivity contribution >= 4 is 5.97 Å². The lowest BCUT2D eigenvalue weighted by atomic mass is 10.1. The van der Waals surface area contributed by atoms with Gasteiger partial charge in [0, 0.05) is 6.42 Å². The first-order chi connectivity index (χ1) is 6.16. The van der Waals surface area contributed by atoms with Gasteiger partial charge in [-0.25, -0.2) is 0 Å². The van der Waals surface area contributed by atoms with E-state index in [0.717, 1.165) is 0 Å². The van der Waals surface area contributed by atoms with Crippen molar-refractivity contribution in [1.29, 1.82) is 0 Å². The Morgan fingerprint density at radius 3 is 2.54 bits per heavy atom. The van der Waals surface area contributed by atoms with Crippen LogP contribution in [0.1, 0.15) is 20.3 Å².